The van der Waals surface area contributed by atoms with Gasteiger partial charge in [0.2, 0.25) is 0 Å². The fourth-order valence-electron chi connectivity index (χ4n) is 6.34. The van der Waals surface area contributed by atoms with E-state index in [0.717, 1.165) is 30.3 Å². The molecule has 28 heteroatoms. The van der Waals surface area contributed by atoms with Gasteiger partial charge in [-0.2, -0.15) is 58.9 Å². The topological polar surface area (TPSA) is 381 Å². The zero-order valence-corrected chi connectivity index (χ0v) is 33.3. The van der Waals surface area contributed by atoms with Crippen molar-refractivity contribution in [1.82, 2.24) is 0 Å². The average Bonchev–Trinajstić information content (AvgIpc) is 3.05. The van der Waals surface area contributed by atoms with Gasteiger partial charge in [0.15, 0.2) is 0 Å². The Kier molecular flexibility index (Phi) is 10.0. The molecule has 0 heterocycles. The number of fused-ring (bicyclic) bond motifs is 3. The molecule has 0 saturated carbocycles. The van der Waals surface area contributed by atoms with Gasteiger partial charge in [-0.25, -0.2) is 0 Å². The molecule has 21 nitrogen and oxygen atoms in total. The van der Waals surface area contributed by atoms with Crippen LogP contribution in [0.1, 0.15) is 0 Å². The van der Waals surface area contributed by atoms with Gasteiger partial charge in [-0.05, 0) is 35.7 Å². The Labute approximate surface area is 327 Å². The van der Waals surface area contributed by atoms with Gasteiger partial charge in [0.05, 0.1) is 9.79 Å². The second-order valence-electron chi connectivity index (χ2n) is 12.0. The van der Waals surface area contributed by atoms with E-state index in [4.69, 9.17) is 0 Å². The zero-order valence-electron chi connectivity index (χ0n) is 27.6. The standard InChI is InChI=1S/C30H19O21S7/c31-52(32,33)15-5-7-17-14(10-15)4-6-20(29(17)57(46,47)48)22-13-25(55(40,41)42)23-11-16(53(34,35)36)12-26(56(43,44)45)28(23)27(22)21-9-8-18-19(30(21)58(49,50)51)2-1-3-24(18)54(37,38)39/h1-12H,(H,31,32,33)(H,34,35,36)(H,37,38,39)(H,40,41,42)(H,43,44,45)(H,46,47,48)(H,49,50,51). The van der Waals surface area contributed by atoms with Gasteiger partial charge >= 0.3 is 0 Å². The van der Waals surface area contributed by atoms with Crippen LogP contribution in [0.2, 0.25) is 0 Å². The maximum absolute atomic E-state index is 13.3. The lowest BCUT2D eigenvalue weighted by Crippen LogP contribution is -2.11. The van der Waals surface area contributed by atoms with Crippen molar-refractivity contribution in [1.29, 1.82) is 0 Å². The van der Waals surface area contributed by atoms with E-state index in [0.29, 0.717) is 30.3 Å². The van der Waals surface area contributed by atoms with Crippen LogP contribution in [0, 0.1) is 6.07 Å². The van der Waals surface area contributed by atoms with Gasteiger partial charge in [-0.15, -0.1) is 0 Å². The molecule has 0 fully saturated rings. The Morgan fingerprint density at radius 1 is 0.397 bits per heavy atom. The van der Waals surface area contributed by atoms with Crippen molar-refractivity contribution in [3.8, 4) is 22.3 Å². The SMILES string of the molecule is O=S(=O)(O)c1ccc2c(S(=O)(=O)O)c(-c3[c]c(S(=O)(=O)O)c4cc(S(=O)(=O)O)cc(S(=O)(=O)O)c4c3-c3ccc4c(S(=O)(=O)O)cccc4c3S(=O)(=O)O)ccc2c1. The second kappa shape index (κ2) is 13.5. The van der Waals surface area contributed by atoms with E-state index in [9.17, 15) is 90.8 Å². The van der Waals surface area contributed by atoms with E-state index in [2.05, 4.69) is 0 Å². The predicted molar refractivity (Wildman–Crippen MR) is 197 cm³/mol. The molecule has 58 heavy (non-hydrogen) atoms. The molecule has 6 aromatic rings. The molecular formula is C30H19O21S7. The van der Waals surface area contributed by atoms with Crippen molar-refractivity contribution < 1.29 is 90.8 Å². The van der Waals surface area contributed by atoms with Crippen molar-refractivity contribution >= 4 is 103 Å². The normalized spacial score (nSPS) is 13.7. The van der Waals surface area contributed by atoms with Crippen LogP contribution in [0.25, 0.3) is 54.6 Å². The van der Waals surface area contributed by atoms with Gasteiger partial charge in [-0.3, -0.25) is 31.9 Å². The summed E-state index contributed by atoms with van der Waals surface area (Å²) in [5.41, 5.74) is -4.34. The smallest absolute Gasteiger partial charge is 0.282 e. The molecule has 0 aromatic heterocycles. The van der Waals surface area contributed by atoms with Crippen LogP contribution in [0.4, 0.5) is 0 Å². The van der Waals surface area contributed by atoms with Crippen molar-refractivity contribution in [3.05, 3.63) is 78.9 Å². The summed E-state index contributed by atoms with van der Waals surface area (Å²) in [6.45, 7) is 0. The Morgan fingerprint density at radius 2 is 0.931 bits per heavy atom. The first-order valence-electron chi connectivity index (χ1n) is 14.7. The minimum atomic E-state index is -5.95. The quantitative estimate of drug-likeness (QED) is 0.102. The summed E-state index contributed by atoms with van der Waals surface area (Å²) >= 11 is 0. The number of benzene rings is 6. The van der Waals surface area contributed by atoms with Crippen molar-refractivity contribution in [3.63, 3.8) is 0 Å². The fourth-order valence-corrected chi connectivity index (χ4v) is 11.4. The van der Waals surface area contributed by atoms with Crippen LogP contribution in [0.5, 0.6) is 0 Å². The maximum atomic E-state index is 13.3. The average molecular weight is 940 g/mol. The van der Waals surface area contributed by atoms with Gasteiger partial charge in [0.1, 0.15) is 24.5 Å². The van der Waals surface area contributed by atoms with Crippen LogP contribution in [-0.2, 0) is 70.8 Å². The molecule has 0 atom stereocenters. The molecule has 0 aliphatic heterocycles. The molecule has 0 amide bonds. The number of rotatable bonds is 9. The largest absolute Gasteiger partial charge is 0.295 e. The monoisotopic (exact) mass is 939 g/mol. The summed E-state index contributed by atoms with van der Waals surface area (Å²) < 4.78 is 249. The highest BCUT2D eigenvalue weighted by atomic mass is 32.2. The van der Waals surface area contributed by atoms with E-state index in [-0.39, 0.29) is 17.5 Å². The summed E-state index contributed by atoms with van der Waals surface area (Å²) in [5.74, 6) is 0. The van der Waals surface area contributed by atoms with Crippen molar-refractivity contribution in [2.75, 3.05) is 0 Å². The molecule has 6 aromatic carbocycles. The Bertz CT molecular complexity index is 3670. The van der Waals surface area contributed by atoms with Gasteiger partial charge in [0, 0.05) is 55.3 Å². The van der Waals surface area contributed by atoms with Crippen LogP contribution >= 0.6 is 0 Å². The molecule has 6 rings (SSSR count). The summed E-state index contributed by atoms with van der Waals surface area (Å²) in [5, 5.41) is -5.07. The maximum Gasteiger partial charge on any atom is 0.295 e. The third-order valence-electron chi connectivity index (χ3n) is 8.44. The third-order valence-corrected chi connectivity index (χ3v) is 14.7. The van der Waals surface area contributed by atoms with E-state index in [1.807, 2.05) is 6.07 Å². The summed E-state index contributed by atoms with van der Waals surface area (Å²) in [4.78, 5) is -9.32. The third kappa shape index (κ3) is 7.70. The molecular weight excluding hydrogens is 921 g/mol. The Hall–Kier alpha value is -4.53. The molecule has 307 valence electrons. The molecule has 7 N–H and O–H groups in total. The highest BCUT2D eigenvalue weighted by Gasteiger charge is 2.35. The van der Waals surface area contributed by atoms with Crippen LogP contribution in [-0.4, -0.2) is 90.8 Å². The molecule has 0 saturated heterocycles. The van der Waals surface area contributed by atoms with E-state index >= 15 is 0 Å². The number of hydrogen-bond acceptors (Lipinski definition) is 14. The lowest BCUT2D eigenvalue weighted by atomic mass is 9.88. The minimum absolute atomic E-state index is 0.0274. The molecule has 0 aliphatic rings. The molecule has 0 spiro atoms. The Morgan fingerprint density at radius 3 is 1.45 bits per heavy atom. The Balaban J connectivity index is 2.06. The van der Waals surface area contributed by atoms with E-state index < -0.39 is 154 Å². The lowest BCUT2D eigenvalue weighted by Gasteiger charge is -2.22. The van der Waals surface area contributed by atoms with Gasteiger partial charge in [0.25, 0.3) is 70.8 Å². The predicted octanol–water partition coefficient (Wildman–Crippen LogP) is 3.01. The second-order valence-corrected chi connectivity index (χ2v) is 21.7. The minimum Gasteiger partial charge on any atom is -0.282 e. The van der Waals surface area contributed by atoms with Crippen molar-refractivity contribution in [2.45, 2.75) is 34.3 Å². The zero-order chi connectivity index (χ0) is 43.5. The highest BCUT2D eigenvalue weighted by Crippen LogP contribution is 2.49. The van der Waals surface area contributed by atoms with Gasteiger partial charge in [-0.1, -0.05) is 42.5 Å². The first-order chi connectivity index (χ1) is 26.2. The molecule has 0 bridgehead atoms. The first-order valence-corrected chi connectivity index (χ1v) is 24.8. The highest BCUT2D eigenvalue weighted by molar-refractivity contribution is 7.88. The lowest BCUT2D eigenvalue weighted by molar-refractivity contribution is 0.477. The van der Waals surface area contributed by atoms with Crippen molar-refractivity contribution in [2.24, 2.45) is 0 Å². The fraction of sp³-hybridized carbons (Fsp3) is 0. The summed E-state index contributed by atoms with van der Waals surface area (Å²) in [7, 11) is -39.1. The number of hydrogen-bond donors (Lipinski definition) is 7. The van der Waals surface area contributed by atoms with Crippen LogP contribution in [0.3, 0.4) is 0 Å². The molecule has 1 radical (unpaired) electrons. The van der Waals surface area contributed by atoms with Crippen LogP contribution < -0.4 is 0 Å². The van der Waals surface area contributed by atoms with Crippen LogP contribution in [0.15, 0.2) is 107 Å². The van der Waals surface area contributed by atoms with E-state index in [1.54, 1.807) is 0 Å². The molecule has 0 aliphatic carbocycles. The van der Waals surface area contributed by atoms with E-state index in [1.165, 1.54) is 0 Å². The summed E-state index contributed by atoms with van der Waals surface area (Å²) in [6, 6.07) is 9.75. The summed E-state index contributed by atoms with van der Waals surface area (Å²) in [6.07, 6.45) is 0. The van der Waals surface area contributed by atoms with Gasteiger partial charge < -0.3 is 0 Å². The first kappa shape index (κ1) is 43.1. The molecule has 0 unspecified atom stereocenters.